The molecule has 1 aliphatic rings. The van der Waals surface area contributed by atoms with E-state index in [0.717, 1.165) is 57.1 Å². The van der Waals surface area contributed by atoms with Crippen LogP contribution in [0.5, 0.6) is 0 Å². The van der Waals surface area contributed by atoms with Gasteiger partial charge in [-0.05, 0) is 30.5 Å². The molecule has 3 rings (SSSR count). The number of hydrogen-bond acceptors (Lipinski definition) is 5. The first-order valence-corrected chi connectivity index (χ1v) is 9.46. The zero-order valence-corrected chi connectivity index (χ0v) is 15.6. The van der Waals surface area contributed by atoms with E-state index < -0.39 is 0 Å². The average molecular weight is 358 g/mol. The van der Waals surface area contributed by atoms with Crippen LogP contribution in [0, 0.1) is 0 Å². The molecule has 142 valence electrons. The highest BCUT2D eigenvalue weighted by Crippen LogP contribution is 2.18. The number of aliphatic hydroxyl groups excluding tert-OH is 1. The maximum atomic E-state index is 9.48. The smallest absolute Gasteiger partial charge is 0.129 e. The van der Waals surface area contributed by atoms with E-state index in [2.05, 4.69) is 40.1 Å². The molecule has 2 aromatic rings. The Morgan fingerprint density at radius 3 is 2.69 bits per heavy atom. The SMILES string of the molecule is COCc1ccc(CN2CCN(CCc3ccccc3)[C@@H](CCO)C2)o1. The Bertz CT molecular complexity index is 644. The summed E-state index contributed by atoms with van der Waals surface area (Å²) in [5, 5.41) is 9.48. The van der Waals surface area contributed by atoms with Crippen molar-refractivity contribution in [1.29, 1.82) is 0 Å². The van der Waals surface area contributed by atoms with E-state index in [1.807, 2.05) is 12.1 Å². The van der Waals surface area contributed by atoms with Crippen LogP contribution >= 0.6 is 0 Å². The Morgan fingerprint density at radius 2 is 1.92 bits per heavy atom. The second-order valence-electron chi connectivity index (χ2n) is 6.97. The first-order chi connectivity index (χ1) is 12.8. The van der Waals surface area contributed by atoms with Gasteiger partial charge in [0, 0.05) is 45.9 Å². The predicted molar refractivity (Wildman–Crippen MR) is 102 cm³/mol. The van der Waals surface area contributed by atoms with Crippen LogP contribution in [0.3, 0.4) is 0 Å². The van der Waals surface area contributed by atoms with Crippen LogP contribution < -0.4 is 0 Å². The van der Waals surface area contributed by atoms with E-state index in [0.29, 0.717) is 12.6 Å². The molecule has 1 aromatic carbocycles. The lowest BCUT2D eigenvalue weighted by Gasteiger charge is -2.41. The molecule has 1 atom stereocenters. The van der Waals surface area contributed by atoms with Crippen LogP contribution in [0.1, 0.15) is 23.5 Å². The second-order valence-corrected chi connectivity index (χ2v) is 6.97. The van der Waals surface area contributed by atoms with E-state index in [1.165, 1.54) is 5.56 Å². The summed E-state index contributed by atoms with van der Waals surface area (Å²) in [6.07, 6.45) is 1.87. The van der Waals surface area contributed by atoms with Gasteiger partial charge in [-0.25, -0.2) is 0 Å². The molecule has 0 amide bonds. The number of rotatable bonds is 9. The number of hydrogen-bond donors (Lipinski definition) is 1. The minimum Gasteiger partial charge on any atom is -0.462 e. The van der Waals surface area contributed by atoms with Crippen LogP contribution in [0.4, 0.5) is 0 Å². The summed E-state index contributed by atoms with van der Waals surface area (Å²) in [5.74, 6) is 1.86. The minimum absolute atomic E-state index is 0.235. The van der Waals surface area contributed by atoms with Gasteiger partial charge in [0.15, 0.2) is 0 Å². The highest BCUT2D eigenvalue weighted by Gasteiger charge is 2.26. The van der Waals surface area contributed by atoms with Crippen molar-refractivity contribution in [2.45, 2.75) is 32.0 Å². The zero-order valence-electron chi connectivity index (χ0n) is 15.6. The van der Waals surface area contributed by atoms with Crippen molar-refractivity contribution in [2.24, 2.45) is 0 Å². The number of nitrogens with zero attached hydrogens (tertiary/aromatic N) is 2. The number of piperazine rings is 1. The zero-order chi connectivity index (χ0) is 18.2. The number of methoxy groups -OCH3 is 1. The molecule has 1 aliphatic heterocycles. The molecule has 1 saturated heterocycles. The maximum absolute atomic E-state index is 9.48. The van der Waals surface area contributed by atoms with Crippen molar-refractivity contribution < 1.29 is 14.3 Å². The van der Waals surface area contributed by atoms with E-state index in [9.17, 15) is 5.11 Å². The third kappa shape index (κ3) is 5.42. The molecule has 0 unspecified atom stereocenters. The summed E-state index contributed by atoms with van der Waals surface area (Å²) in [4.78, 5) is 4.95. The number of furan rings is 1. The van der Waals surface area contributed by atoms with E-state index in [1.54, 1.807) is 7.11 Å². The molecule has 1 N–H and O–H groups in total. The number of ether oxygens (including phenoxy) is 1. The van der Waals surface area contributed by atoms with E-state index in [4.69, 9.17) is 9.15 Å². The maximum Gasteiger partial charge on any atom is 0.129 e. The van der Waals surface area contributed by atoms with Gasteiger partial charge in [0.05, 0.1) is 6.54 Å². The molecule has 1 aromatic heterocycles. The molecular weight excluding hydrogens is 328 g/mol. The van der Waals surface area contributed by atoms with Gasteiger partial charge in [-0.3, -0.25) is 9.80 Å². The Balaban J connectivity index is 1.53. The highest BCUT2D eigenvalue weighted by molar-refractivity contribution is 5.15. The lowest BCUT2D eigenvalue weighted by molar-refractivity contribution is 0.0522. The van der Waals surface area contributed by atoms with Gasteiger partial charge in [0.1, 0.15) is 18.1 Å². The molecule has 5 heteroatoms. The van der Waals surface area contributed by atoms with Crippen LogP contribution in [-0.2, 0) is 24.3 Å². The van der Waals surface area contributed by atoms with Crippen molar-refractivity contribution in [3.8, 4) is 0 Å². The van der Waals surface area contributed by atoms with Crippen LogP contribution in [0.25, 0.3) is 0 Å². The molecule has 5 nitrogen and oxygen atoms in total. The lowest BCUT2D eigenvalue weighted by atomic mass is 10.1. The van der Waals surface area contributed by atoms with Crippen LogP contribution in [0.15, 0.2) is 46.9 Å². The van der Waals surface area contributed by atoms with Gasteiger partial charge in [0.2, 0.25) is 0 Å². The van der Waals surface area contributed by atoms with Crippen molar-refractivity contribution in [3.05, 3.63) is 59.5 Å². The summed E-state index contributed by atoms with van der Waals surface area (Å²) < 4.78 is 10.9. The van der Waals surface area contributed by atoms with Crippen LogP contribution in [-0.4, -0.2) is 60.8 Å². The summed E-state index contributed by atoms with van der Waals surface area (Å²) in [6, 6.07) is 15.0. The predicted octanol–water partition coefficient (Wildman–Crippen LogP) is 2.54. The summed E-state index contributed by atoms with van der Waals surface area (Å²) in [6.45, 7) is 5.63. The third-order valence-corrected chi connectivity index (χ3v) is 5.06. The van der Waals surface area contributed by atoms with Gasteiger partial charge >= 0.3 is 0 Å². The fourth-order valence-electron chi connectivity index (χ4n) is 3.68. The lowest BCUT2D eigenvalue weighted by Crippen LogP contribution is -2.53. The third-order valence-electron chi connectivity index (χ3n) is 5.06. The van der Waals surface area contributed by atoms with Crippen molar-refractivity contribution >= 4 is 0 Å². The first-order valence-electron chi connectivity index (χ1n) is 9.46. The van der Waals surface area contributed by atoms with E-state index >= 15 is 0 Å². The largest absolute Gasteiger partial charge is 0.462 e. The quantitative estimate of drug-likeness (QED) is 0.746. The fraction of sp³-hybridized carbons (Fsp3) is 0.524. The Hall–Kier alpha value is -1.66. The topological polar surface area (TPSA) is 49.1 Å². The fourth-order valence-corrected chi connectivity index (χ4v) is 3.68. The number of aliphatic hydroxyl groups is 1. The van der Waals surface area contributed by atoms with Gasteiger partial charge < -0.3 is 14.3 Å². The number of benzene rings is 1. The van der Waals surface area contributed by atoms with Crippen molar-refractivity contribution in [3.63, 3.8) is 0 Å². The summed E-state index contributed by atoms with van der Waals surface area (Å²) in [5.41, 5.74) is 1.37. The molecule has 0 saturated carbocycles. The van der Waals surface area contributed by atoms with Gasteiger partial charge in [-0.2, -0.15) is 0 Å². The molecular formula is C21H30N2O3. The normalized spacial score (nSPS) is 19.1. The Morgan fingerprint density at radius 1 is 1.12 bits per heavy atom. The minimum atomic E-state index is 0.235. The Kier molecular flexibility index (Phi) is 7.26. The molecule has 1 fully saturated rings. The molecule has 0 spiro atoms. The molecule has 0 aliphatic carbocycles. The van der Waals surface area contributed by atoms with Crippen molar-refractivity contribution in [1.82, 2.24) is 9.80 Å². The first kappa shape index (κ1) is 19.1. The molecule has 2 heterocycles. The molecule has 0 bridgehead atoms. The van der Waals surface area contributed by atoms with Gasteiger partial charge in [-0.1, -0.05) is 30.3 Å². The molecule has 0 radical (unpaired) electrons. The standard InChI is InChI=1S/C21H30N2O3/c1-25-17-21-8-7-20(26-21)16-22-12-13-23(19(15-22)10-14-24)11-9-18-5-3-2-4-6-18/h2-8,19,24H,9-17H2,1H3/t19-/m0/s1. The van der Waals surface area contributed by atoms with E-state index in [-0.39, 0.29) is 6.61 Å². The monoisotopic (exact) mass is 358 g/mol. The highest BCUT2D eigenvalue weighted by atomic mass is 16.5. The average Bonchev–Trinajstić information content (AvgIpc) is 3.09. The Labute approximate surface area is 156 Å². The summed E-state index contributed by atoms with van der Waals surface area (Å²) >= 11 is 0. The van der Waals surface area contributed by atoms with Crippen molar-refractivity contribution in [2.75, 3.05) is 39.9 Å². The van der Waals surface area contributed by atoms with Gasteiger partial charge in [-0.15, -0.1) is 0 Å². The van der Waals surface area contributed by atoms with Gasteiger partial charge in [0.25, 0.3) is 0 Å². The molecule has 26 heavy (non-hydrogen) atoms. The van der Waals surface area contributed by atoms with Crippen LogP contribution in [0.2, 0.25) is 0 Å². The summed E-state index contributed by atoms with van der Waals surface area (Å²) in [7, 11) is 1.68. The second kappa shape index (κ2) is 9.88.